The minimum absolute atomic E-state index is 0.0828. The summed E-state index contributed by atoms with van der Waals surface area (Å²) in [6.07, 6.45) is -1.84. The molecule has 0 radical (unpaired) electrons. The summed E-state index contributed by atoms with van der Waals surface area (Å²) >= 11 is 3.06. The molecule has 0 saturated carbocycles. The second-order valence-electron chi connectivity index (χ2n) is 2.45. The largest absolute Gasteiger partial charge is 0.453 e. The number of hydrogen-bond acceptors (Lipinski definition) is 3. The van der Waals surface area contributed by atoms with E-state index in [9.17, 15) is 13.2 Å². The molecule has 0 aliphatic heterocycles. The Bertz CT molecular complexity index is 477. The summed E-state index contributed by atoms with van der Waals surface area (Å²) in [5.41, 5.74) is 0. The highest BCUT2D eigenvalue weighted by Crippen LogP contribution is 2.26. The van der Waals surface area contributed by atoms with Crippen molar-refractivity contribution >= 4 is 21.7 Å². The number of nitrogens with zero attached hydrogens (tertiary/aromatic N) is 4. The maximum absolute atomic E-state index is 12.1. The molecule has 4 nitrogen and oxygen atoms in total. The van der Waals surface area contributed by atoms with Gasteiger partial charge in [-0.2, -0.15) is 18.2 Å². The van der Waals surface area contributed by atoms with E-state index in [-0.39, 0.29) is 5.78 Å². The lowest BCUT2D eigenvalue weighted by Gasteiger charge is -1.96. The molecule has 0 aliphatic rings. The van der Waals surface area contributed by atoms with Gasteiger partial charge in [-0.3, -0.25) is 0 Å². The molecule has 2 heterocycles. The summed E-state index contributed by atoms with van der Waals surface area (Å²) in [6.45, 7) is 0. The van der Waals surface area contributed by atoms with Crippen LogP contribution in [0.3, 0.4) is 0 Å². The summed E-state index contributed by atoms with van der Waals surface area (Å²) in [5, 5.41) is 3.23. The molecular formula is C6H2BrF3N4. The van der Waals surface area contributed by atoms with E-state index in [0.717, 1.165) is 4.52 Å². The quantitative estimate of drug-likeness (QED) is 0.732. The fourth-order valence-electron chi connectivity index (χ4n) is 0.879. The Morgan fingerprint density at radius 3 is 2.71 bits per heavy atom. The molecule has 74 valence electrons. The van der Waals surface area contributed by atoms with Crippen LogP contribution in [0.5, 0.6) is 0 Å². The topological polar surface area (TPSA) is 43.1 Å². The molecule has 0 atom stereocenters. The first-order valence-corrected chi connectivity index (χ1v) is 4.21. The Hall–Kier alpha value is -1.18. The zero-order valence-corrected chi connectivity index (χ0v) is 8.04. The maximum atomic E-state index is 12.1. The molecule has 14 heavy (non-hydrogen) atoms. The first-order chi connectivity index (χ1) is 6.47. The van der Waals surface area contributed by atoms with E-state index in [0.29, 0.717) is 4.47 Å². The van der Waals surface area contributed by atoms with Crippen LogP contribution in [0.2, 0.25) is 0 Å². The number of aromatic nitrogens is 4. The van der Waals surface area contributed by atoms with Crippen LogP contribution in [0.1, 0.15) is 5.82 Å². The molecule has 2 rings (SSSR count). The van der Waals surface area contributed by atoms with Crippen molar-refractivity contribution in [3.8, 4) is 0 Å². The summed E-state index contributed by atoms with van der Waals surface area (Å²) in [4.78, 5) is 6.88. The molecule has 0 aliphatic carbocycles. The Balaban J connectivity index is 2.63. The predicted molar refractivity (Wildman–Crippen MR) is 43.5 cm³/mol. The fourth-order valence-corrected chi connectivity index (χ4v) is 1.18. The van der Waals surface area contributed by atoms with Crippen molar-refractivity contribution in [2.45, 2.75) is 6.18 Å². The van der Waals surface area contributed by atoms with Crippen LogP contribution in [0.4, 0.5) is 13.2 Å². The van der Waals surface area contributed by atoms with Gasteiger partial charge in [-0.15, -0.1) is 5.10 Å². The third kappa shape index (κ3) is 1.57. The first-order valence-electron chi connectivity index (χ1n) is 3.42. The predicted octanol–water partition coefficient (Wildman–Crippen LogP) is 1.91. The molecule has 2 aromatic rings. The molecule has 8 heteroatoms. The van der Waals surface area contributed by atoms with Gasteiger partial charge in [0.2, 0.25) is 0 Å². The van der Waals surface area contributed by atoms with E-state index >= 15 is 0 Å². The normalized spacial score (nSPS) is 12.3. The van der Waals surface area contributed by atoms with Crippen LogP contribution in [0, 0.1) is 0 Å². The van der Waals surface area contributed by atoms with Gasteiger partial charge < -0.3 is 0 Å². The van der Waals surface area contributed by atoms with E-state index < -0.39 is 12.0 Å². The molecule has 0 spiro atoms. The van der Waals surface area contributed by atoms with E-state index in [1.807, 2.05) is 0 Å². The van der Waals surface area contributed by atoms with Crippen molar-refractivity contribution < 1.29 is 13.2 Å². The Labute approximate surface area is 83.9 Å². The van der Waals surface area contributed by atoms with Gasteiger partial charge in [-0.05, 0) is 15.9 Å². The van der Waals surface area contributed by atoms with Gasteiger partial charge in [0.1, 0.15) is 0 Å². The second-order valence-corrected chi connectivity index (χ2v) is 3.37. The van der Waals surface area contributed by atoms with Gasteiger partial charge in [0.15, 0.2) is 0 Å². The average Bonchev–Trinajstić information content (AvgIpc) is 2.45. The van der Waals surface area contributed by atoms with E-state index in [1.165, 1.54) is 12.4 Å². The van der Waals surface area contributed by atoms with Crippen LogP contribution < -0.4 is 0 Å². The second kappa shape index (κ2) is 2.91. The van der Waals surface area contributed by atoms with Crippen LogP contribution in [-0.4, -0.2) is 19.6 Å². The van der Waals surface area contributed by atoms with Gasteiger partial charge in [0.05, 0.1) is 4.47 Å². The summed E-state index contributed by atoms with van der Waals surface area (Å²) in [6, 6.07) is 0. The van der Waals surface area contributed by atoms with Gasteiger partial charge >= 0.3 is 6.18 Å². The van der Waals surface area contributed by atoms with Gasteiger partial charge in [-0.1, -0.05) is 0 Å². The van der Waals surface area contributed by atoms with Crippen LogP contribution in [-0.2, 0) is 6.18 Å². The van der Waals surface area contributed by atoms with Gasteiger partial charge in [0.25, 0.3) is 11.6 Å². The smallest absolute Gasteiger partial charge is 0.218 e. The lowest BCUT2D eigenvalue weighted by Crippen LogP contribution is -2.07. The van der Waals surface area contributed by atoms with Crippen molar-refractivity contribution in [1.29, 1.82) is 0 Å². The van der Waals surface area contributed by atoms with Crippen molar-refractivity contribution in [1.82, 2.24) is 19.6 Å². The van der Waals surface area contributed by atoms with Crippen molar-refractivity contribution in [2.75, 3.05) is 0 Å². The highest BCUT2D eigenvalue weighted by atomic mass is 79.9. The summed E-state index contributed by atoms with van der Waals surface area (Å²) in [7, 11) is 0. The molecule has 0 N–H and O–H groups in total. The molecule has 0 amide bonds. The Morgan fingerprint density at radius 2 is 2.07 bits per heavy atom. The number of hydrogen-bond donors (Lipinski definition) is 0. The monoisotopic (exact) mass is 266 g/mol. The highest BCUT2D eigenvalue weighted by Gasteiger charge is 2.36. The Kier molecular flexibility index (Phi) is 1.95. The van der Waals surface area contributed by atoms with E-state index in [4.69, 9.17) is 0 Å². The number of halogens is 4. The maximum Gasteiger partial charge on any atom is 0.453 e. The molecule has 0 aromatic carbocycles. The average molecular weight is 267 g/mol. The third-order valence-corrected chi connectivity index (χ3v) is 1.83. The molecule has 2 aromatic heterocycles. The summed E-state index contributed by atoms with van der Waals surface area (Å²) < 4.78 is 37.9. The molecule has 0 fully saturated rings. The third-order valence-electron chi connectivity index (χ3n) is 1.42. The van der Waals surface area contributed by atoms with Crippen LogP contribution in [0.15, 0.2) is 16.9 Å². The lowest BCUT2D eigenvalue weighted by molar-refractivity contribution is -0.144. The zero-order valence-electron chi connectivity index (χ0n) is 6.46. The van der Waals surface area contributed by atoms with Gasteiger partial charge in [-0.25, -0.2) is 9.50 Å². The van der Waals surface area contributed by atoms with Gasteiger partial charge in [0, 0.05) is 12.4 Å². The first kappa shape index (κ1) is 9.38. The van der Waals surface area contributed by atoms with Crippen LogP contribution in [0.25, 0.3) is 5.78 Å². The van der Waals surface area contributed by atoms with Crippen molar-refractivity contribution in [3.05, 3.63) is 22.7 Å². The molecule has 0 bridgehead atoms. The number of alkyl halides is 3. The Morgan fingerprint density at radius 1 is 1.36 bits per heavy atom. The van der Waals surface area contributed by atoms with E-state index in [2.05, 4.69) is 31.0 Å². The highest BCUT2D eigenvalue weighted by molar-refractivity contribution is 9.10. The van der Waals surface area contributed by atoms with Crippen molar-refractivity contribution in [2.24, 2.45) is 0 Å². The SMILES string of the molecule is FC(F)(F)c1nc2ncc(Br)cn2n1. The minimum Gasteiger partial charge on any atom is -0.218 e. The number of fused-ring (bicyclic) bond motifs is 1. The standard InChI is InChI=1S/C6H2BrF3N4/c7-3-1-11-5-12-4(6(8,9)10)13-14(5)2-3/h1-2H. The van der Waals surface area contributed by atoms with Crippen LogP contribution >= 0.6 is 15.9 Å². The van der Waals surface area contributed by atoms with E-state index in [1.54, 1.807) is 0 Å². The molecule has 0 unspecified atom stereocenters. The number of rotatable bonds is 0. The zero-order chi connectivity index (χ0) is 10.3. The van der Waals surface area contributed by atoms with Crippen molar-refractivity contribution in [3.63, 3.8) is 0 Å². The fraction of sp³-hybridized carbons (Fsp3) is 0.167. The minimum atomic E-state index is -4.54. The molecule has 0 saturated heterocycles. The summed E-state index contributed by atoms with van der Waals surface area (Å²) in [5.74, 6) is -1.27. The molecular weight excluding hydrogens is 265 g/mol. The lowest BCUT2D eigenvalue weighted by atomic mass is 10.6.